The van der Waals surface area contributed by atoms with Crippen LogP contribution in [0.1, 0.15) is 6.92 Å². The number of hydrogen-bond acceptors (Lipinski definition) is 2. The van der Waals surface area contributed by atoms with Crippen molar-refractivity contribution < 1.29 is 5.11 Å². The van der Waals surface area contributed by atoms with Gasteiger partial charge in [-0.3, -0.25) is 0 Å². The summed E-state index contributed by atoms with van der Waals surface area (Å²) in [5, 5.41) is 8.60. The average molecular weight is 160 g/mol. The Balaban J connectivity index is 0. The van der Waals surface area contributed by atoms with Crippen molar-refractivity contribution in [2.24, 2.45) is 0 Å². The first-order valence-corrected chi connectivity index (χ1v) is 2.51. The molecule has 52 valence electrons. The molecule has 0 aliphatic heterocycles. The smallest absolute Gasteiger partial charge is 0.0652 e. The number of rotatable bonds is 2. The van der Waals surface area contributed by atoms with Crippen LogP contribution in [0.2, 0.25) is 0 Å². The van der Waals surface area contributed by atoms with Gasteiger partial charge in [-0.2, -0.15) is 0 Å². The predicted molar refractivity (Wildman–Crippen MR) is 37.4 cm³/mol. The van der Waals surface area contributed by atoms with Crippen LogP contribution in [0.15, 0.2) is 0 Å². The summed E-state index contributed by atoms with van der Waals surface area (Å²) in [6.45, 7) is 2.21. The molecule has 0 saturated heterocycles. The molecule has 0 heterocycles. The second kappa shape index (κ2) is 5.63. The summed E-state index contributed by atoms with van der Waals surface area (Å²) in [6.07, 6.45) is -0.331. The van der Waals surface area contributed by atoms with Crippen LogP contribution in [0.4, 0.5) is 0 Å². The van der Waals surface area contributed by atoms with Gasteiger partial charge in [-0.05, 0) is 18.7 Å². The second-order valence-corrected chi connectivity index (χ2v) is 2.21. The second-order valence-electron chi connectivity index (χ2n) is 1.64. The van der Waals surface area contributed by atoms with Crippen molar-refractivity contribution in [1.29, 1.82) is 0 Å². The Kier molecular flexibility index (Phi) is 7.97. The maximum absolute atomic E-state index is 8.60. The summed E-state index contributed by atoms with van der Waals surface area (Å²) in [6, 6.07) is 0. The Morgan fingerprint density at radius 2 is 2.12 bits per heavy atom. The molecular formula is C4H11Cl2NO. The third kappa shape index (κ3) is 9.71. The average Bonchev–Trinajstić information content (AvgIpc) is 1.27. The van der Waals surface area contributed by atoms with Crippen LogP contribution in [-0.2, 0) is 0 Å². The maximum Gasteiger partial charge on any atom is 0.0652 e. The first-order valence-electron chi connectivity index (χ1n) is 2.18. The van der Waals surface area contributed by atoms with Crippen molar-refractivity contribution in [1.82, 2.24) is 4.42 Å². The van der Waals surface area contributed by atoms with Crippen molar-refractivity contribution in [3.63, 3.8) is 0 Å². The van der Waals surface area contributed by atoms with Crippen LogP contribution in [0.3, 0.4) is 0 Å². The van der Waals surface area contributed by atoms with Gasteiger partial charge in [0.2, 0.25) is 0 Å². The van der Waals surface area contributed by atoms with E-state index in [0.717, 1.165) is 0 Å². The highest BCUT2D eigenvalue weighted by Crippen LogP contribution is 1.89. The molecule has 0 rings (SSSR count). The summed E-state index contributed by atoms with van der Waals surface area (Å²) >= 11 is 5.35. The largest absolute Gasteiger partial charge is 0.392 e. The van der Waals surface area contributed by atoms with Crippen molar-refractivity contribution in [2.75, 3.05) is 13.6 Å². The van der Waals surface area contributed by atoms with E-state index in [9.17, 15) is 0 Å². The summed E-state index contributed by atoms with van der Waals surface area (Å²) < 4.78 is 1.42. The molecule has 0 aliphatic carbocycles. The van der Waals surface area contributed by atoms with E-state index in [0.29, 0.717) is 6.54 Å². The number of hydrogen-bond donors (Lipinski definition) is 1. The van der Waals surface area contributed by atoms with E-state index >= 15 is 0 Å². The van der Waals surface area contributed by atoms with Crippen LogP contribution >= 0.6 is 24.2 Å². The van der Waals surface area contributed by atoms with E-state index in [4.69, 9.17) is 16.9 Å². The van der Waals surface area contributed by atoms with Crippen molar-refractivity contribution in [3.8, 4) is 0 Å². The lowest BCUT2D eigenvalue weighted by Crippen LogP contribution is -2.18. The third-order valence-electron chi connectivity index (χ3n) is 0.516. The van der Waals surface area contributed by atoms with Crippen LogP contribution in [0.25, 0.3) is 0 Å². The molecule has 0 aromatic carbocycles. The molecule has 1 atom stereocenters. The summed E-state index contributed by atoms with van der Waals surface area (Å²) in [7, 11) is 1.70. The third-order valence-corrected chi connectivity index (χ3v) is 0.654. The summed E-state index contributed by atoms with van der Waals surface area (Å²) in [5.74, 6) is 0. The number of likely N-dealkylation sites (N-methyl/N-ethyl adjacent to an activating group) is 1. The molecular weight excluding hydrogens is 149 g/mol. The van der Waals surface area contributed by atoms with Crippen molar-refractivity contribution in [2.45, 2.75) is 13.0 Å². The molecule has 1 N–H and O–H groups in total. The molecule has 0 amide bonds. The molecule has 0 radical (unpaired) electrons. The highest BCUT2D eigenvalue weighted by atomic mass is 35.5. The summed E-state index contributed by atoms with van der Waals surface area (Å²) in [5.41, 5.74) is 0. The van der Waals surface area contributed by atoms with Gasteiger partial charge < -0.3 is 5.11 Å². The maximum atomic E-state index is 8.60. The Bertz CT molecular complexity index is 43.3. The number of aliphatic hydroxyl groups is 1. The fraction of sp³-hybridized carbons (Fsp3) is 1.00. The van der Waals surface area contributed by atoms with Crippen molar-refractivity contribution in [3.05, 3.63) is 0 Å². The molecule has 1 unspecified atom stereocenters. The van der Waals surface area contributed by atoms with Gasteiger partial charge in [0.25, 0.3) is 0 Å². The van der Waals surface area contributed by atoms with E-state index in [2.05, 4.69) is 0 Å². The van der Waals surface area contributed by atoms with Gasteiger partial charge in [0, 0.05) is 13.6 Å². The lowest BCUT2D eigenvalue weighted by molar-refractivity contribution is 0.173. The van der Waals surface area contributed by atoms with Gasteiger partial charge in [-0.1, -0.05) is 0 Å². The topological polar surface area (TPSA) is 23.5 Å². The minimum Gasteiger partial charge on any atom is -0.392 e. The minimum absolute atomic E-state index is 0. The highest BCUT2D eigenvalue weighted by Gasteiger charge is 1.95. The van der Waals surface area contributed by atoms with E-state index in [1.54, 1.807) is 14.0 Å². The predicted octanol–water partition coefficient (Wildman–Crippen LogP) is 0.875. The molecule has 8 heavy (non-hydrogen) atoms. The van der Waals surface area contributed by atoms with E-state index in [1.807, 2.05) is 0 Å². The first-order chi connectivity index (χ1) is 3.13. The van der Waals surface area contributed by atoms with Gasteiger partial charge >= 0.3 is 0 Å². The van der Waals surface area contributed by atoms with Gasteiger partial charge in [-0.25, -0.2) is 4.42 Å². The molecule has 2 nitrogen and oxygen atoms in total. The van der Waals surface area contributed by atoms with Crippen molar-refractivity contribution >= 4 is 24.2 Å². The first kappa shape index (κ1) is 11.3. The zero-order chi connectivity index (χ0) is 5.86. The lowest BCUT2D eigenvalue weighted by Gasteiger charge is -2.07. The van der Waals surface area contributed by atoms with E-state index < -0.39 is 0 Å². The number of nitrogens with zero attached hydrogens (tertiary/aromatic N) is 1. The van der Waals surface area contributed by atoms with Crippen LogP contribution in [0, 0.1) is 0 Å². The highest BCUT2D eigenvalue weighted by molar-refractivity contribution is 6.13. The fourth-order valence-electron chi connectivity index (χ4n) is 0.364. The molecule has 0 aromatic heterocycles. The van der Waals surface area contributed by atoms with Gasteiger partial charge in [0.05, 0.1) is 6.10 Å². The standard InChI is InChI=1S/C4H10ClNO.ClH/c1-4(7)3-6(2)5;/h4,7H,3H2,1-2H3;1H. The normalized spacial score (nSPS) is 13.1. The molecule has 0 aromatic rings. The Morgan fingerprint density at radius 1 is 1.75 bits per heavy atom. The zero-order valence-electron chi connectivity index (χ0n) is 4.97. The molecule has 4 heteroatoms. The summed E-state index contributed by atoms with van der Waals surface area (Å²) in [4.78, 5) is 0. The van der Waals surface area contributed by atoms with Gasteiger partial charge in [-0.15, -0.1) is 12.4 Å². The van der Waals surface area contributed by atoms with Crippen LogP contribution < -0.4 is 0 Å². The lowest BCUT2D eigenvalue weighted by atomic mass is 10.4. The van der Waals surface area contributed by atoms with E-state index in [-0.39, 0.29) is 18.5 Å². The van der Waals surface area contributed by atoms with Crippen LogP contribution in [-0.4, -0.2) is 29.2 Å². The number of aliphatic hydroxyl groups excluding tert-OH is 1. The zero-order valence-corrected chi connectivity index (χ0v) is 6.54. The number of halogens is 2. The Hall–Kier alpha value is 0.500. The van der Waals surface area contributed by atoms with E-state index in [1.165, 1.54) is 4.42 Å². The molecule has 0 bridgehead atoms. The SMILES string of the molecule is CC(O)CN(C)Cl.Cl. The minimum atomic E-state index is -0.331. The van der Waals surface area contributed by atoms with Crippen LogP contribution in [0.5, 0.6) is 0 Å². The monoisotopic (exact) mass is 159 g/mol. The molecule has 0 saturated carbocycles. The van der Waals surface area contributed by atoms with Gasteiger partial charge in [0.1, 0.15) is 0 Å². The van der Waals surface area contributed by atoms with Gasteiger partial charge in [0.15, 0.2) is 0 Å². The molecule has 0 aliphatic rings. The Morgan fingerprint density at radius 3 is 2.12 bits per heavy atom. The quantitative estimate of drug-likeness (QED) is 0.606. The fourth-order valence-corrected chi connectivity index (χ4v) is 0.564. The Labute approximate surface area is 61.0 Å². The molecule has 0 fully saturated rings. The molecule has 0 spiro atoms.